The normalized spacial score (nSPS) is 11.8. The summed E-state index contributed by atoms with van der Waals surface area (Å²) in [4.78, 5) is 12.4. The average Bonchev–Trinajstić information content (AvgIpc) is 2.54. The van der Waals surface area contributed by atoms with Crippen LogP contribution < -0.4 is 5.32 Å². The molecule has 0 aliphatic heterocycles. The van der Waals surface area contributed by atoms with Gasteiger partial charge in [-0.25, -0.2) is 8.42 Å². The van der Waals surface area contributed by atoms with E-state index in [0.29, 0.717) is 11.3 Å². The first-order chi connectivity index (χ1) is 11.2. The molecule has 128 valence electrons. The SMILES string of the molecule is Cc1cccc(C(=O)Nc2ccc(S(=O)(=O)N(C)C(C)C)cc2)c1. The molecule has 0 aliphatic rings. The fraction of sp³-hybridized carbons (Fsp3) is 0.278. The summed E-state index contributed by atoms with van der Waals surface area (Å²) < 4.78 is 26.1. The van der Waals surface area contributed by atoms with Gasteiger partial charge in [0.2, 0.25) is 10.0 Å². The number of aryl methyl sites for hydroxylation is 1. The topological polar surface area (TPSA) is 66.5 Å². The second-order valence-electron chi connectivity index (χ2n) is 5.96. The molecule has 0 heterocycles. The number of benzene rings is 2. The Hall–Kier alpha value is -2.18. The molecule has 0 atom stereocenters. The predicted molar refractivity (Wildman–Crippen MR) is 95.7 cm³/mol. The minimum absolute atomic E-state index is 0.129. The lowest BCUT2D eigenvalue weighted by molar-refractivity contribution is 0.102. The second-order valence-corrected chi connectivity index (χ2v) is 7.96. The lowest BCUT2D eigenvalue weighted by Gasteiger charge is -2.21. The highest BCUT2D eigenvalue weighted by molar-refractivity contribution is 7.89. The van der Waals surface area contributed by atoms with Crippen LogP contribution in [-0.4, -0.2) is 31.7 Å². The smallest absolute Gasteiger partial charge is 0.255 e. The molecule has 2 aromatic carbocycles. The van der Waals surface area contributed by atoms with Crippen LogP contribution >= 0.6 is 0 Å². The summed E-state index contributed by atoms with van der Waals surface area (Å²) in [5.41, 5.74) is 2.11. The van der Waals surface area contributed by atoms with Crippen LogP contribution in [-0.2, 0) is 10.0 Å². The molecule has 0 saturated carbocycles. The number of carbonyl (C=O) groups excluding carboxylic acids is 1. The van der Waals surface area contributed by atoms with E-state index in [0.717, 1.165) is 5.56 Å². The number of rotatable bonds is 5. The van der Waals surface area contributed by atoms with E-state index in [1.54, 1.807) is 31.3 Å². The molecule has 2 rings (SSSR count). The van der Waals surface area contributed by atoms with Crippen molar-refractivity contribution >= 4 is 21.6 Å². The molecule has 0 aromatic heterocycles. The molecule has 5 nitrogen and oxygen atoms in total. The number of hydrogen-bond acceptors (Lipinski definition) is 3. The zero-order chi connectivity index (χ0) is 17.9. The van der Waals surface area contributed by atoms with Gasteiger partial charge in [-0.1, -0.05) is 17.7 Å². The van der Waals surface area contributed by atoms with Crippen molar-refractivity contribution in [2.75, 3.05) is 12.4 Å². The van der Waals surface area contributed by atoms with Crippen molar-refractivity contribution in [1.82, 2.24) is 4.31 Å². The summed E-state index contributed by atoms with van der Waals surface area (Å²) in [5, 5.41) is 2.77. The van der Waals surface area contributed by atoms with E-state index in [9.17, 15) is 13.2 Å². The van der Waals surface area contributed by atoms with Crippen LogP contribution in [0.3, 0.4) is 0 Å². The van der Waals surface area contributed by atoms with Crippen LogP contribution in [0.15, 0.2) is 53.4 Å². The van der Waals surface area contributed by atoms with Crippen molar-refractivity contribution in [3.05, 3.63) is 59.7 Å². The highest BCUT2D eigenvalue weighted by Crippen LogP contribution is 2.19. The van der Waals surface area contributed by atoms with Crippen LogP contribution in [0.4, 0.5) is 5.69 Å². The Kier molecular flexibility index (Phi) is 5.41. The third-order valence-corrected chi connectivity index (χ3v) is 5.84. The lowest BCUT2D eigenvalue weighted by Crippen LogP contribution is -2.33. The lowest BCUT2D eigenvalue weighted by atomic mass is 10.1. The van der Waals surface area contributed by atoms with Crippen LogP contribution in [0, 0.1) is 6.92 Å². The number of amides is 1. The van der Waals surface area contributed by atoms with Gasteiger partial charge in [-0.05, 0) is 57.2 Å². The number of anilines is 1. The van der Waals surface area contributed by atoms with Gasteiger partial charge in [0.05, 0.1) is 4.90 Å². The number of hydrogen-bond donors (Lipinski definition) is 1. The molecule has 1 N–H and O–H groups in total. The molecule has 0 unspecified atom stereocenters. The van der Waals surface area contributed by atoms with E-state index >= 15 is 0 Å². The summed E-state index contributed by atoms with van der Waals surface area (Å²) in [6.45, 7) is 5.55. The van der Waals surface area contributed by atoms with E-state index in [1.807, 2.05) is 32.9 Å². The molecule has 0 saturated heterocycles. The van der Waals surface area contributed by atoms with Gasteiger partial charge in [0.15, 0.2) is 0 Å². The maximum Gasteiger partial charge on any atom is 0.255 e. The fourth-order valence-electron chi connectivity index (χ4n) is 2.14. The Morgan fingerprint density at radius 1 is 1.08 bits per heavy atom. The van der Waals surface area contributed by atoms with Gasteiger partial charge in [0, 0.05) is 24.3 Å². The highest BCUT2D eigenvalue weighted by atomic mass is 32.2. The molecular formula is C18H22N2O3S. The van der Waals surface area contributed by atoms with E-state index in [1.165, 1.54) is 16.4 Å². The Labute approximate surface area is 143 Å². The van der Waals surface area contributed by atoms with Crippen molar-refractivity contribution in [1.29, 1.82) is 0 Å². The average molecular weight is 346 g/mol. The van der Waals surface area contributed by atoms with Gasteiger partial charge in [-0.2, -0.15) is 4.31 Å². The number of sulfonamides is 1. The van der Waals surface area contributed by atoms with Gasteiger partial charge in [-0.3, -0.25) is 4.79 Å². The quantitative estimate of drug-likeness (QED) is 0.903. The first kappa shape index (κ1) is 18.2. The van der Waals surface area contributed by atoms with Crippen LogP contribution in [0.1, 0.15) is 29.8 Å². The molecule has 0 fully saturated rings. The molecule has 2 aromatic rings. The molecule has 0 spiro atoms. The van der Waals surface area contributed by atoms with Crippen molar-refractivity contribution < 1.29 is 13.2 Å². The number of nitrogens with zero attached hydrogens (tertiary/aromatic N) is 1. The zero-order valence-electron chi connectivity index (χ0n) is 14.3. The van der Waals surface area contributed by atoms with E-state index < -0.39 is 10.0 Å². The Balaban J connectivity index is 2.17. The summed E-state index contributed by atoms with van der Waals surface area (Å²) in [6, 6.07) is 13.3. The fourth-order valence-corrected chi connectivity index (χ4v) is 3.51. The van der Waals surface area contributed by atoms with E-state index in [2.05, 4.69) is 5.32 Å². The Bertz CT molecular complexity index is 828. The zero-order valence-corrected chi connectivity index (χ0v) is 15.1. The third kappa shape index (κ3) is 4.01. The first-order valence-electron chi connectivity index (χ1n) is 7.68. The van der Waals surface area contributed by atoms with Gasteiger partial charge in [0.25, 0.3) is 5.91 Å². The van der Waals surface area contributed by atoms with Crippen LogP contribution in [0.25, 0.3) is 0 Å². The van der Waals surface area contributed by atoms with E-state index in [4.69, 9.17) is 0 Å². The summed E-state index contributed by atoms with van der Waals surface area (Å²) in [7, 11) is -1.97. The van der Waals surface area contributed by atoms with Crippen molar-refractivity contribution in [3.63, 3.8) is 0 Å². The molecule has 1 amide bonds. The molecule has 0 radical (unpaired) electrons. The highest BCUT2D eigenvalue weighted by Gasteiger charge is 2.22. The van der Waals surface area contributed by atoms with Crippen molar-refractivity contribution in [3.8, 4) is 0 Å². The summed E-state index contributed by atoms with van der Waals surface area (Å²) >= 11 is 0. The standard InChI is InChI=1S/C18H22N2O3S/c1-13(2)20(4)24(22,23)17-10-8-16(9-11-17)19-18(21)15-7-5-6-14(3)12-15/h5-13H,1-4H3,(H,19,21). The minimum Gasteiger partial charge on any atom is -0.322 e. The number of nitrogens with one attached hydrogen (secondary N) is 1. The van der Waals surface area contributed by atoms with Crippen LogP contribution in [0.2, 0.25) is 0 Å². The van der Waals surface area contributed by atoms with Crippen LogP contribution in [0.5, 0.6) is 0 Å². The minimum atomic E-state index is -3.52. The molecule has 24 heavy (non-hydrogen) atoms. The Morgan fingerprint density at radius 3 is 2.25 bits per heavy atom. The molecule has 0 aliphatic carbocycles. The van der Waals surface area contributed by atoms with Gasteiger partial charge in [-0.15, -0.1) is 0 Å². The largest absolute Gasteiger partial charge is 0.322 e. The maximum atomic E-state index is 12.4. The monoisotopic (exact) mass is 346 g/mol. The summed E-state index contributed by atoms with van der Waals surface area (Å²) in [6.07, 6.45) is 0. The second kappa shape index (κ2) is 7.15. The van der Waals surface area contributed by atoms with E-state index in [-0.39, 0.29) is 16.8 Å². The Morgan fingerprint density at radius 2 is 1.71 bits per heavy atom. The molecule has 6 heteroatoms. The third-order valence-electron chi connectivity index (χ3n) is 3.80. The van der Waals surface area contributed by atoms with Crippen molar-refractivity contribution in [2.24, 2.45) is 0 Å². The maximum absolute atomic E-state index is 12.4. The molecular weight excluding hydrogens is 324 g/mol. The number of carbonyl (C=O) groups is 1. The van der Waals surface area contributed by atoms with Gasteiger partial charge in [0.1, 0.15) is 0 Å². The summed E-state index contributed by atoms with van der Waals surface area (Å²) in [5.74, 6) is -0.228. The first-order valence-corrected chi connectivity index (χ1v) is 9.12. The molecule has 0 bridgehead atoms. The predicted octanol–water partition coefficient (Wildman–Crippen LogP) is 3.28. The van der Waals surface area contributed by atoms with Crippen molar-refractivity contribution in [2.45, 2.75) is 31.7 Å². The van der Waals surface area contributed by atoms with Gasteiger partial charge >= 0.3 is 0 Å². The van der Waals surface area contributed by atoms with Gasteiger partial charge < -0.3 is 5.32 Å².